The first-order chi connectivity index (χ1) is 12.6. The fourth-order valence-electron chi connectivity index (χ4n) is 3.65. The van der Waals surface area contributed by atoms with Crippen molar-refractivity contribution < 1.29 is 4.39 Å². The molecule has 4 heterocycles. The van der Waals surface area contributed by atoms with E-state index in [1.54, 1.807) is 29.3 Å². The van der Waals surface area contributed by atoms with Gasteiger partial charge < -0.3 is 4.90 Å². The second-order valence-corrected chi connectivity index (χ2v) is 6.83. The van der Waals surface area contributed by atoms with Gasteiger partial charge in [0.15, 0.2) is 17.3 Å². The molecule has 0 amide bonds. The molecule has 0 bridgehead atoms. The van der Waals surface area contributed by atoms with Crippen molar-refractivity contribution in [3.8, 4) is 0 Å². The Labute approximate surface area is 150 Å². The van der Waals surface area contributed by atoms with Gasteiger partial charge in [-0.05, 0) is 37.8 Å². The lowest BCUT2D eigenvalue weighted by Gasteiger charge is -2.33. The number of hydrogen-bond acceptors (Lipinski definition) is 5. The number of aromatic nitrogens is 5. The Balaban J connectivity index is 1.51. The molecule has 0 spiro atoms. The van der Waals surface area contributed by atoms with Gasteiger partial charge in [0, 0.05) is 32.9 Å². The second-order valence-electron chi connectivity index (χ2n) is 6.83. The molecule has 0 atom stereocenters. The summed E-state index contributed by atoms with van der Waals surface area (Å²) in [6.45, 7) is 3.70. The zero-order chi connectivity index (χ0) is 18.3. The molecule has 0 radical (unpaired) electrons. The maximum Gasteiger partial charge on any atom is 0.330 e. The highest BCUT2D eigenvalue weighted by Crippen LogP contribution is 2.25. The number of rotatable bonds is 3. The van der Waals surface area contributed by atoms with Gasteiger partial charge in [0.05, 0.1) is 11.2 Å². The molecule has 136 valence electrons. The maximum atomic E-state index is 14.2. The first kappa shape index (κ1) is 16.7. The summed E-state index contributed by atoms with van der Waals surface area (Å²) in [5, 5.41) is 0. The van der Waals surface area contributed by atoms with Crippen molar-refractivity contribution in [3.63, 3.8) is 0 Å². The zero-order valence-corrected chi connectivity index (χ0v) is 14.9. The van der Waals surface area contributed by atoms with Gasteiger partial charge in [-0.3, -0.25) is 9.13 Å². The van der Waals surface area contributed by atoms with Crippen LogP contribution in [0.15, 0.2) is 29.5 Å². The number of fused-ring (bicyclic) bond motifs is 1. The van der Waals surface area contributed by atoms with Crippen LogP contribution in [0.2, 0.25) is 0 Å². The Morgan fingerprint density at radius 2 is 2.00 bits per heavy atom. The average Bonchev–Trinajstić information content (AvgIpc) is 2.90. The van der Waals surface area contributed by atoms with Crippen LogP contribution < -0.4 is 10.6 Å². The Morgan fingerprint density at radius 1 is 1.23 bits per heavy atom. The third-order valence-electron chi connectivity index (χ3n) is 5.20. The van der Waals surface area contributed by atoms with Crippen LogP contribution in [0.5, 0.6) is 0 Å². The summed E-state index contributed by atoms with van der Waals surface area (Å²) >= 11 is 0. The Kier molecular flexibility index (Phi) is 4.18. The minimum atomic E-state index is -0.347. The fourth-order valence-corrected chi connectivity index (χ4v) is 3.65. The monoisotopic (exact) mass is 356 g/mol. The predicted molar refractivity (Wildman–Crippen MR) is 96.6 cm³/mol. The van der Waals surface area contributed by atoms with Crippen molar-refractivity contribution in [1.29, 1.82) is 0 Å². The highest BCUT2D eigenvalue weighted by atomic mass is 19.1. The van der Waals surface area contributed by atoms with Gasteiger partial charge in [-0.2, -0.15) is 0 Å². The number of piperidine rings is 1. The molecule has 0 aromatic carbocycles. The van der Waals surface area contributed by atoms with Crippen LogP contribution in [0.4, 0.5) is 10.2 Å². The molecule has 0 N–H and O–H groups in total. The normalized spacial score (nSPS) is 15.7. The molecule has 3 aromatic rings. The molecule has 0 aliphatic carbocycles. The number of hydrogen-bond donors (Lipinski definition) is 0. The smallest absolute Gasteiger partial charge is 0.330 e. The second kappa shape index (κ2) is 6.51. The van der Waals surface area contributed by atoms with Crippen LogP contribution in [-0.4, -0.2) is 37.2 Å². The molecule has 4 rings (SSSR count). The highest BCUT2D eigenvalue weighted by Gasteiger charge is 2.25. The van der Waals surface area contributed by atoms with E-state index in [4.69, 9.17) is 0 Å². The van der Waals surface area contributed by atoms with E-state index in [9.17, 15) is 9.18 Å². The summed E-state index contributed by atoms with van der Waals surface area (Å²) in [6.07, 6.45) is 4.86. The van der Waals surface area contributed by atoms with E-state index in [-0.39, 0.29) is 11.5 Å². The molecule has 26 heavy (non-hydrogen) atoms. The summed E-state index contributed by atoms with van der Waals surface area (Å²) in [5.41, 5.74) is 1.89. The van der Waals surface area contributed by atoms with Gasteiger partial charge >= 0.3 is 5.69 Å². The number of anilines is 1. The SMILES string of the molecule is Cc1ncnc(N2CCC(Cn3c(=O)n(C)c4cccnc43)CC2)c1F. The van der Waals surface area contributed by atoms with Gasteiger partial charge in [0.25, 0.3) is 0 Å². The van der Waals surface area contributed by atoms with Crippen LogP contribution in [0.25, 0.3) is 11.2 Å². The highest BCUT2D eigenvalue weighted by molar-refractivity contribution is 5.71. The van der Waals surface area contributed by atoms with Crippen molar-refractivity contribution >= 4 is 17.0 Å². The number of imidazole rings is 1. The molecule has 8 heteroatoms. The standard InChI is InChI=1S/C18H21FN6O/c1-12-15(19)17(22-11-21-12)24-8-5-13(6-9-24)10-25-16-14(4-3-7-20-16)23(2)18(25)26/h3-4,7,11,13H,5-6,8-10H2,1-2H3. The summed E-state index contributed by atoms with van der Waals surface area (Å²) in [7, 11) is 1.77. The minimum absolute atomic E-state index is 0.0430. The van der Waals surface area contributed by atoms with Gasteiger partial charge in [-0.1, -0.05) is 0 Å². The average molecular weight is 356 g/mol. The molecule has 1 aliphatic heterocycles. The molecular weight excluding hydrogens is 335 g/mol. The van der Waals surface area contributed by atoms with E-state index in [2.05, 4.69) is 15.0 Å². The summed E-state index contributed by atoms with van der Waals surface area (Å²) in [5.74, 6) is 0.378. The molecule has 1 aliphatic rings. The first-order valence-electron chi connectivity index (χ1n) is 8.78. The van der Waals surface area contributed by atoms with Gasteiger partial charge in [-0.25, -0.2) is 24.1 Å². The molecule has 1 fully saturated rings. The fraction of sp³-hybridized carbons (Fsp3) is 0.444. The van der Waals surface area contributed by atoms with Crippen LogP contribution >= 0.6 is 0 Å². The van der Waals surface area contributed by atoms with E-state index >= 15 is 0 Å². The van der Waals surface area contributed by atoms with Gasteiger partial charge in [0.2, 0.25) is 0 Å². The largest absolute Gasteiger partial charge is 0.354 e. The lowest BCUT2D eigenvalue weighted by molar-refractivity contribution is 0.352. The molecule has 1 saturated heterocycles. The van der Waals surface area contributed by atoms with Crippen LogP contribution in [0.1, 0.15) is 18.5 Å². The van der Waals surface area contributed by atoms with Gasteiger partial charge in [-0.15, -0.1) is 0 Å². The van der Waals surface area contributed by atoms with Crippen LogP contribution in [0.3, 0.4) is 0 Å². The predicted octanol–water partition coefficient (Wildman–Crippen LogP) is 1.89. The molecule has 3 aromatic heterocycles. The van der Waals surface area contributed by atoms with E-state index in [0.29, 0.717) is 37.1 Å². The Bertz CT molecular complexity index is 1000. The van der Waals surface area contributed by atoms with E-state index in [1.807, 2.05) is 17.0 Å². The summed E-state index contributed by atoms with van der Waals surface area (Å²) < 4.78 is 17.6. The summed E-state index contributed by atoms with van der Waals surface area (Å²) in [6, 6.07) is 3.74. The van der Waals surface area contributed by atoms with Crippen LogP contribution in [-0.2, 0) is 13.6 Å². The van der Waals surface area contributed by atoms with Crippen molar-refractivity contribution in [2.24, 2.45) is 13.0 Å². The van der Waals surface area contributed by atoms with Crippen LogP contribution in [0, 0.1) is 18.7 Å². The topological polar surface area (TPSA) is 68.8 Å². The zero-order valence-electron chi connectivity index (χ0n) is 14.9. The Hall–Kier alpha value is -2.77. The lowest BCUT2D eigenvalue weighted by Crippen LogP contribution is -2.37. The number of aryl methyl sites for hydroxylation is 2. The van der Waals surface area contributed by atoms with Gasteiger partial charge in [0.1, 0.15) is 6.33 Å². The van der Waals surface area contributed by atoms with Crippen molar-refractivity contribution in [3.05, 3.63) is 46.7 Å². The number of pyridine rings is 1. The minimum Gasteiger partial charge on any atom is -0.354 e. The third kappa shape index (κ3) is 2.75. The third-order valence-corrected chi connectivity index (χ3v) is 5.20. The molecular formula is C18H21FN6O. The molecule has 0 saturated carbocycles. The van der Waals surface area contributed by atoms with E-state index < -0.39 is 0 Å². The molecule has 7 nitrogen and oxygen atoms in total. The first-order valence-corrected chi connectivity index (χ1v) is 8.78. The number of halogens is 1. The van der Waals surface area contributed by atoms with E-state index in [0.717, 1.165) is 24.0 Å². The molecule has 0 unspecified atom stereocenters. The quantitative estimate of drug-likeness (QED) is 0.717. The lowest BCUT2D eigenvalue weighted by atomic mass is 9.96. The van der Waals surface area contributed by atoms with Crippen molar-refractivity contribution in [2.75, 3.05) is 18.0 Å². The van der Waals surface area contributed by atoms with E-state index in [1.165, 1.54) is 6.33 Å². The Morgan fingerprint density at radius 3 is 2.77 bits per heavy atom. The summed E-state index contributed by atoms with van der Waals surface area (Å²) in [4.78, 5) is 26.9. The van der Waals surface area contributed by atoms with Crippen molar-refractivity contribution in [1.82, 2.24) is 24.1 Å². The number of nitrogens with zero attached hydrogens (tertiary/aromatic N) is 6. The van der Waals surface area contributed by atoms with Crippen molar-refractivity contribution in [2.45, 2.75) is 26.3 Å². The maximum absolute atomic E-state index is 14.2.